The summed E-state index contributed by atoms with van der Waals surface area (Å²) in [7, 11) is 5.10. The molecule has 0 amide bonds. The predicted molar refractivity (Wildman–Crippen MR) is 141 cm³/mol. The first-order chi connectivity index (χ1) is 15.1. The highest BCUT2D eigenvalue weighted by atomic mass is 127. The topological polar surface area (TPSA) is 69.6 Å². The van der Waals surface area contributed by atoms with Crippen molar-refractivity contribution in [2.75, 3.05) is 52.3 Å². The standard InChI is InChI=1S/C24H32N4O3.HI/c1-5-8-19-15-18(16-22(30-3)23(19)31-4)17-26-24(25-2)28-13-11-27(12-14-28)20-9-6-7-10-21(20)29;/h5-7,9-10,15-16,29H,1,8,11-14,17H2,2-4H3,(H,25,26);1H. The first-order valence-electron chi connectivity index (χ1n) is 10.4. The maximum Gasteiger partial charge on any atom is 0.194 e. The number of para-hydroxylation sites is 2. The first-order valence-corrected chi connectivity index (χ1v) is 10.4. The molecule has 1 heterocycles. The fraction of sp³-hybridized carbons (Fsp3) is 0.375. The zero-order chi connectivity index (χ0) is 22.2. The van der Waals surface area contributed by atoms with Crippen molar-refractivity contribution in [3.63, 3.8) is 0 Å². The van der Waals surface area contributed by atoms with Crippen molar-refractivity contribution in [1.29, 1.82) is 0 Å². The number of hydrogen-bond donors (Lipinski definition) is 2. The van der Waals surface area contributed by atoms with Crippen molar-refractivity contribution in [3.8, 4) is 17.2 Å². The number of piperazine rings is 1. The molecule has 0 unspecified atom stereocenters. The highest BCUT2D eigenvalue weighted by Crippen LogP contribution is 2.33. The number of phenolic OH excluding ortho intramolecular Hbond substituents is 1. The number of allylic oxidation sites excluding steroid dienone is 1. The minimum absolute atomic E-state index is 0. The summed E-state index contributed by atoms with van der Waals surface area (Å²) in [5.74, 6) is 2.64. The molecular formula is C24H33IN4O3. The molecule has 0 spiro atoms. The van der Waals surface area contributed by atoms with Gasteiger partial charge in [0.1, 0.15) is 5.75 Å². The lowest BCUT2D eigenvalue weighted by atomic mass is 10.1. The predicted octanol–water partition coefficient (Wildman–Crippen LogP) is 3.65. The van der Waals surface area contributed by atoms with Gasteiger partial charge in [-0.1, -0.05) is 18.2 Å². The number of hydrogen-bond acceptors (Lipinski definition) is 5. The SMILES string of the molecule is C=CCc1cc(CNC(=NC)N2CCN(c3ccccc3O)CC2)cc(OC)c1OC.I. The minimum Gasteiger partial charge on any atom is -0.506 e. The summed E-state index contributed by atoms with van der Waals surface area (Å²) >= 11 is 0. The second kappa shape index (κ2) is 12.4. The quantitative estimate of drug-likeness (QED) is 0.237. The van der Waals surface area contributed by atoms with Gasteiger partial charge in [0, 0.05) is 45.3 Å². The van der Waals surface area contributed by atoms with Crippen LogP contribution in [0.25, 0.3) is 0 Å². The van der Waals surface area contributed by atoms with Gasteiger partial charge in [0.05, 0.1) is 19.9 Å². The molecule has 8 heteroatoms. The van der Waals surface area contributed by atoms with Crippen LogP contribution in [-0.4, -0.2) is 63.4 Å². The third-order valence-corrected chi connectivity index (χ3v) is 5.44. The lowest BCUT2D eigenvalue weighted by molar-refractivity contribution is 0.351. The van der Waals surface area contributed by atoms with E-state index in [0.717, 1.165) is 54.7 Å². The Hall–Kier alpha value is -2.62. The van der Waals surface area contributed by atoms with Crippen molar-refractivity contribution in [2.24, 2.45) is 4.99 Å². The summed E-state index contributed by atoms with van der Waals surface area (Å²) in [4.78, 5) is 8.91. The minimum atomic E-state index is 0. The number of aliphatic imine (C=N–C) groups is 1. The van der Waals surface area contributed by atoms with Crippen LogP contribution in [0, 0.1) is 0 Å². The normalized spacial score (nSPS) is 13.9. The van der Waals surface area contributed by atoms with E-state index in [4.69, 9.17) is 9.47 Å². The highest BCUT2D eigenvalue weighted by molar-refractivity contribution is 14.0. The molecule has 7 nitrogen and oxygen atoms in total. The van der Waals surface area contributed by atoms with Gasteiger partial charge in [0.2, 0.25) is 0 Å². The number of rotatable bonds is 7. The molecule has 2 aromatic carbocycles. The number of anilines is 1. The number of ether oxygens (including phenoxy) is 2. The van der Waals surface area contributed by atoms with Crippen molar-refractivity contribution in [3.05, 3.63) is 60.2 Å². The molecule has 2 aromatic rings. The zero-order valence-electron chi connectivity index (χ0n) is 19.0. The second-order valence-corrected chi connectivity index (χ2v) is 7.35. The van der Waals surface area contributed by atoms with Gasteiger partial charge in [-0.2, -0.15) is 0 Å². The van der Waals surface area contributed by atoms with E-state index in [1.807, 2.05) is 30.3 Å². The number of guanidine groups is 1. The summed E-state index contributed by atoms with van der Waals surface area (Å²) in [5.41, 5.74) is 3.01. The number of aromatic hydroxyl groups is 1. The van der Waals surface area contributed by atoms with Crippen LogP contribution in [-0.2, 0) is 13.0 Å². The monoisotopic (exact) mass is 552 g/mol. The summed E-state index contributed by atoms with van der Waals surface area (Å²) in [6.45, 7) is 7.74. The van der Waals surface area contributed by atoms with E-state index in [1.54, 1.807) is 27.3 Å². The van der Waals surface area contributed by atoms with Crippen molar-refractivity contribution in [2.45, 2.75) is 13.0 Å². The summed E-state index contributed by atoms with van der Waals surface area (Å²) in [5, 5.41) is 13.6. The van der Waals surface area contributed by atoms with Crippen LogP contribution >= 0.6 is 24.0 Å². The molecular weight excluding hydrogens is 519 g/mol. The van der Waals surface area contributed by atoms with Crippen LogP contribution in [0.4, 0.5) is 5.69 Å². The Labute approximate surface area is 207 Å². The molecule has 0 aromatic heterocycles. The number of methoxy groups -OCH3 is 2. The van der Waals surface area contributed by atoms with Gasteiger partial charge >= 0.3 is 0 Å². The summed E-state index contributed by atoms with van der Waals surface area (Å²) in [6.07, 6.45) is 2.56. The van der Waals surface area contributed by atoms with Gasteiger partial charge in [-0.15, -0.1) is 30.6 Å². The molecule has 0 aliphatic carbocycles. The second-order valence-electron chi connectivity index (χ2n) is 7.35. The molecule has 3 rings (SSSR count). The average Bonchev–Trinajstić information content (AvgIpc) is 2.80. The lowest BCUT2D eigenvalue weighted by Crippen LogP contribution is -2.52. The zero-order valence-corrected chi connectivity index (χ0v) is 21.3. The van der Waals surface area contributed by atoms with Crippen LogP contribution in [0.2, 0.25) is 0 Å². The maximum atomic E-state index is 10.1. The van der Waals surface area contributed by atoms with E-state index in [2.05, 4.69) is 32.8 Å². The number of benzene rings is 2. The van der Waals surface area contributed by atoms with Crippen molar-refractivity contribution < 1.29 is 14.6 Å². The lowest BCUT2D eigenvalue weighted by Gasteiger charge is -2.37. The smallest absolute Gasteiger partial charge is 0.194 e. The molecule has 0 atom stereocenters. The highest BCUT2D eigenvalue weighted by Gasteiger charge is 2.21. The molecule has 174 valence electrons. The van der Waals surface area contributed by atoms with E-state index in [1.165, 1.54) is 0 Å². The van der Waals surface area contributed by atoms with Gasteiger partial charge in [-0.05, 0) is 36.2 Å². The van der Waals surface area contributed by atoms with E-state index in [9.17, 15) is 5.11 Å². The average molecular weight is 552 g/mol. The van der Waals surface area contributed by atoms with E-state index in [-0.39, 0.29) is 24.0 Å². The molecule has 32 heavy (non-hydrogen) atoms. The number of nitrogens with one attached hydrogen (secondary N) is 1. The fourth-order valence-electron chi connectivity index (χ4n) is 3.92. The van der Waals surface area contributed by atoms with Crippen LogP contribution < -0.4 is 19.7 Å². The Bertz CT molecular complexity index is 927. The molecule has 1 aliphatic heterocycles. The Balaban J connectivity index is 0.00000363. The summed E-state index contributed by atoms with van der Waals surface area (Å²) < 4.78 is 11.0. The fourth-order valence-corrected chi connectivity index (χ4v) is 3.92. The summed E-state index contributed by atoms with van der Waals surface area (Å²) in [6, 6.07) is 11.6. The number of phenols is 1. The Morgan fingerprint density at radius 3 is 2.47 bits per heavy atom. The van der Waals surface area contributed by atoms with Crippen LogP contribution in [0.1, 0.15) is 11.1 Å². The molecule has 1 saturated heterocycles. The molecule has 2 N–H and O–H groups in total. The third kappa shape index (κ3) is 5.99. The Kier molecular flexibility index (Phi) is 9.96. The van der Waals surface area contributed by atoms with E-state index < -0.39 is 0 Å². The van der Waals surface area contributed by atoms with Crippen molar-refractivity contribution in [1.82, 2.24) is 10.2 Å². The molecule has 1 fully saturated rings. The molecule has 1 aliphatic rings. The van der Waals surface area contributed by atoms with Gasteiger partial charge < -0.3 is 29.7 Å². The van der Waals surface area contributed by atoms with Gasteiger partial charge in [0.15, 0.2) is 17.5 Å². The maximum absolute atomic E-state index is 10.1. The molecule has 0 bridgehead atoms. The molecule has 0 radical (unpaired) electrons. The molecule has 0 saturated carbocycles. The Morgan fingerprint density at radius 2 is 1.88 bits per heavy atom. The van der Waals surface area contributed by atoms with Gasteiger partial charge in [-0.3, -0.25) is 4.99 Å². The van der Waals surface area contributed by atoms with Crippen LogP contribution in [0.5, 0.6) is 17.2 Å². The van der Waals surface area contributed by atoms with Crippen LogP contribution in [0.3, 0.4) is 0 Å². The third-order valence-electron chi connectivity index (χ3n) is 5.44. The largest absolute Gasteiger partial charge is 0.506 e. The first kappa shape index (κ1) is 25.6. The van der Waals surface area contributed by atoms with Gasteiger partial charge in [-0.25, -0.2) is 0 Å². The number of nitrogens with zero attached hydrogens (tertiary/aromatic N) is 3. The number of halogens is 1. The van der Waals surface area contributed by atoms with Crippen LogP contribution in [0.15, 0.2) is 54.0 Å². The van der Waals surface area contributed by atoms with E-state index >= 15 is 0 Å². The van der Waals surface area contributed by atoms with E-state index in [0.29, 0.717) is 24.5 Å². The van der Waals surface area contributed by atoms with Gasteiger partial charge in [0.25, 0.3) is 0 Å². The Morgan fingerprint density at radius 1 is 1.16 bits per heavy atom. The van der Waals surface area contributed by atoms with Crippen molar-refractivity contribution >= 4 is 35.6 Å².